The molecule has 0 spiro atoms. The number of methoxy groups -OCH3 is 1. The number of ether oxygens (including phenoxy) is 1. The Bertz CT molecular complexity index is 562. The molecule has 0 atom stereocenters. The van der Waals surface area contributed by atoms with E-state index in [2.05, 4.69) is 10.1 Å². The summed E-state index contributed by atoms with van der Waals surface area (Å²) in [6.45, 7) is 2.88. The first-order chi connectivity index (χ1) is 8.67. The monoisotopic (exact) mass is 267 g/mol. The Balaban J connectivity index is 2.46. The molecule has 0 amide bonds. The van der Waals surface area contributed by atoms with Crippen molar-refractivity contribution in [2.24, 2.45) is 0 Å². The minimum atomic E-state index is -0.978. The van der Waals surface area contributed by atoms with Crippen molar-refractivity contribution in [2.75, 3.05) is 7.11 Å². The molecule has 2 heterocycles. The maximum Gasteiger partial charge on any atom is 0.347 e. The van der Waals surface area contributed by atoms with Crippen LogP contribution in [0.4, 0.5) is 0 Å². The van der Waals surface area contributed by atoms with Crippen LogP contribution in [0.3, 0.4) is 0 Å². The highest BCUT2D eigenvalue weighted by Gasteiger charge is 2.19. The summed E-state index contributed by atoms with van der Waals surface area (Å²) < 4.78 is 6.74. The minimum absolute atomic E-state index is 0.193. The van der Waals surface area contributed by atoms with Crippen LogP contribution in [0.1, 0.15) is 22.3 Å². The molecule has 7 heteroatoms. The van der Waals surface area contributed by atoms with Crippen molar-refractivity contribution < 1.29 is 14.6 Å². The lowest BCUT2D eigenvalue weighted by Gasteiger charge is -1.99. The summed E-state index contributed by atoms with van der Waals surface area (Å²) in [5, 5.41) is 13.9. The zero-order valence-electron chi connectivity index (χ0n) is 10.1. The number of aryl methyl sites for hydroxylation is 1. The van der Waals surface area contributed by atoms with Gasteiger partial charge in [0.1, 0.15) is 9.88 Å². The van der Waals surface area contributed by atoms with Gasteiger partial charge in [0.15, 0.2) is 0 Å². The van der Waals surface area contributed by atoms with Crippen molar-refractivity contribution in [1.29, 1.82) is 0 Å². The van der Waals surface area contributed by atoms with Gasteiger partial charge in [0.05, 0.1) is 18.0 Å². The van der Waals surface area contributed by atoms with Crippen LogP contribution in [-0.4, -0.2) is 33.0 Å². The lowest BCUT2D eigenvalue weighted by atomic mass is 10.3. The van der Waals surface area contributed by atoms with Crippen LogP contribution in [0.2, 0.25) is 0 Å². The van der Waals surface area contributed by atoms with Gasteiger partial charge < -0.3 is 9.84 Å². The first-order valence-corrected chi connectivity index (χ1v) is 6.23. The number of rotatable bonds is 5. The van der Waals surface area contributed by atoms with E-state index in [4.69, 9.17) is 9.84 Å². The van der Waals surface area contributed by atoms with E-state index in [0.717, 1.165) is 17.0 Å². The van der Waals surface area contributed by atoms with Crippen LogP contribution >= 0.6 is 11.3 Å². The third-order valence-corrected chi connectivity index (χ3v) is 3.52. The number of aromatic nitrogens is 3. The molecule has 18 heavy (non-hydrogen) atoms. The number of nitrogens with zero attached hydrogens (tertiary/aromatic N) is 3. The topological polar surface area (TPSA) is 77.2 Å². The molecule has 0 aliphatic heterocycles. The standard InChI is InChI=1S/C11H13N3O3S/c1-3-14-8(4-5-12-14)10-13-7(6-17-2)9(18-10)11(15)16/h4-5H,3,6H2,1-2H3,(H,15,16). The molecule has 0 aliphatic carbocycles. The van der Waals surface area contributed by atoms with E-state index in [9.17, 15) is 4.79 Å². The van der Waals surface area contributed by atoms with E-state index in [1.165, 1.54) is 7.11 Å². The molecule has 0 fully saturated rings. The normalized spacial score (nSPS) is 10.8. The molecule has 0 aromatic carbocycles. The predicted octanol–water partition coefficient (Wildman–Crippen LogP) is 1.87. The van der Waals surface area contributed by atoms with Gasteiger partial charge in [-0.2, -0.15) is 5.10 Å². The highest BCUT2D eigenvalue weighted by Crippen LogP contribution is 2.28. The molecule has 1 N–H and O–H groups in total. The lowest BCUT2D eigenvalue weighted by molar-refractivity contribution is 0.0697. The Morgan fingerprint density at radius 1 is 1.61 bits per heavy atom. The van der Waals surface area contributed by atoms with Gasteiger partial charge in [-0.1, -0.05) is 0 Å². The van der Waals surface area contributed by atoms with Crippen molar-refractivity contribution in [3.63, 3.8) is 0 Å². The molecular weight excluding hydrogens is 254 g/mol. The quantitative estimate of drug-likeness (QED) is 0.894. The number of hydrogen-bond acceptors (Lipinski definition) is 5. The fourth-order valence-electron chi connectivity index (χ4n) is 1.63. The van der Waals surface area contributed by atoms with Gasteiger partial charge in [0.2, 0.25) is 0 Å². The van der Waals surface area contributed by atoms with Gasteiger partial charge in [-0.05, 0) is 13.0 Å². The summed E-state index contributed by atoms with van der Waals surface area (Å²) in [7, 11) is 1.51. The molecule has 0 unspecified atom stereocenters. The Morgan fingerprint density at radius 3 is 3.00 bits per heavy atom. The van der Waals surface area contributed by atoms with Crippen molar-refractivity contribution in [3.8, 4) is 10.7 Å². The Labute approximate surface area is 108 Å². The maximum atomic E-state index is 11.1. The van der Waals surface area contributed by atoms with Crippen LogP contribution in [0.15, 0.2) is 12.3 Å². The second-order valence-electron chi connectivity index (χ2n) is 3.57. The van der Waals surface area contributed by atoms with Crippen LogP contribution in [0.25, 0.3) is 10.7 Å². The lowest BCUT2D eigenvalue weighted by Crippen LogP contribution is -2.00. The van der Waals surface area contributed by atoms with Crippen LogP contribution in [0, 0.1) is 0 Å². The van der Waals surface area contributed by atoms with Crippen LogP contribution in [0.5, 0.6) is 0 Å². The number of carboxylic acid groups (broad SMARTS) is 1. The number of aromatic carboxylic acids is 1. The number of carbonyl (C=O) groups is 1. The van der Waals surface area contributed by atoms with Gasteiger partial charge in [0.25, 0.3) is 0 Å². The van der Waals surface area contributed by atoms with Gasteiger partial charge in [0, 0.05) is 19.9 Å². The summed E-state index contributed by atoms with van der Waals surface area (Å²) in [6, 6.07) is 1.82. The molecule has 0 saturated carbocycles. The summed E-state index contributed by atoms with van der Waals surface area (Å²) >= 11 is 1.14. The highest BCUT2D eigenvalue weighted by atomic mass is 32.1. The van der Waals surface area contributed by atoms with Gasteiger partial charge >= 0.3 is 5.97 Å². The summed E-state index contributed by atoms with van der Waals surface area (Å²) in [5.74, 6) is -0.978. The first kappa shape index (κ1) is 12.7. The third-order valence-electron chi connectivity index (χ3n) is 2.41. The SMILES string of the molecule is CCn1nccc1-c1nc(COC)c(C(=O)O)s1. The number of thiazole rings is 1. The summed E-state index contributed by atoms with van der Waals surface area (Å²) in [4.78, 5) is 15.7. The van der Waals surface area contributed by atoms with E-state index in [-0.39, 0.29) is 11.5 Å². The molecule has 96 valence electrons. The van der Waals surface area contributed by atoms with Gasteiger partial charge in [-0.3, -0.25) is 4.68 Å². The zero-order valence-corrected chi connectivity index (χ0v) is 10.9. The van der Waals surface area contributed by atoms with E-state index < -0.39 is 5.97 Å². The van der Waals surface area contributed by atoms with E-state index >= 15 is 0 Å². The number of carboxylic acids is 1. The molecular formula is C11H13N3O3S. The number of hydrogen-bond donors (Lipinski definition) is 1. The highest BCUT2D eigenvalue weighted by molar-refractivity contribution is 7.17. The molecule has 0 radical (unpaired) electrons. The van der Waals surface area contributed by atoms with Gasteiger partial charge in [-0.15, -0.1) is 11.3 Å². The second-order valence-corrected chi connectivity index (χ2v) is 4.56. The van der Waals surface area contributed by atoms with Crippen molar-refractivity contribution >= 4 is 17.3 Å². The largest absolute Gasteiger partial charge is 0.477 e. The van der Waals surface area contributed by atoms with Crippen LogP contribution < -0.4 is 0 Å². The molecule has 0 saturated heterocycles. The molecule has 2 aromatic heterocycles. The summed E-state index contributed by atoms with van der Waals surface area (Å²) in [5.41, 5.74) is 1.28. The third kappa shape index (κ3) is 2.27. The fourth-order valence-corrected chi connectivity index (χ4v) is 2.57. The molecule has 0 bridgehead atoms. The van der Waals surface area contributed by atoms with Crippen LogP contribution in [-0.2, 0) is 17.9 Å². The Hall–Kier alpha value is -1.73. The molecule has 2 aromatic rings. The van der Waals surface area contributed by atoms with E-state index in [0.29, 0.717) is 17.2 Å². The zero-order chi connectivity index (χ0) is 13.1. The Kier molecular flexibility index (Phi) is 3.73. The van der Waals surface area contributed by atoms with E-state index in [1.54, 1.807) is 10.9 Å². The van der Waals surface area contributed by atoms with Crippen molar-refractivity contribution in [2.45, 2.75) is 20.1 Å². The molecule has 6 nitrogen and oxygen atoms in total. The van der Waals surface area contributed by atoms with E-state index in [1.807, 2.05) is 13.0 Å². The smallest absolute Gasteiger partial charge is 0.347 e. The molecule has 2 rings (SSSR count). The average Bonchev–Trinajstić information content (AvgIpc) is 2.94. The second kappa shape index (κ2) is 5.28. The Morgan fingerprint density at radius 2 is 2.39 bits per heavy atom. The van der Waals surface area contributed by atoms with Gasteiger partial charge in [-0.25, -0.2) is 9.78 Å². The minimum Gasteiger partial charge on any atom is -0.477 e. The average molecular weight is 267 g/mol. The first-order valence-electron chi connectivity index (χ1n) is 5.41. The van der Waals surface area contributed by atoms with Crippen molar-refractivity contribution in [1.82, 2.24) is 14.8 Å². The molecule has 0 aliphatic rings. The fraction of sp³-hybridized carbons (Fsp3) is 0.364. The van der Waals surface area contributed by atoms with Crippen molar-refractivity contribution in [3.05, 3.63) is 22.8 Å². The maximum absolute atomic E-state index is 11.1. The predicted molar refractivity (Wildman–Crippen MR) is 66.7 cm³/mol. The summed E-state index contributed by atoms with van der Waals surface area (Å²) in [6.07, 6.45) is 1.68.